The highest BCUT2D eigenvalue weighted by Gasteiger charge is 2.42. The van der Waals surface area contributed by atoms with E-state index in [0.717, 1.165) is 32.5 Å². The van der Waals surface area contributed by atoms with E-state index < -0.39 is 0 Å². The highest BCUT2D eigenvalue weighted by molar-refractivity contribution is 7.99. The third-order valence-electron chi connectivity index (χ3n) is 6.47. The SMILES string of the molecule is c1ccc2c(c1)Oc1cccc(-c3ccc(C45CCCN(CC4)C5)cn3)c1S2. The molecule has 0 saturated carbocycles. The van der Waals surface area contributed by atoms with Gasteiger partial charge in [-0.15, -0.1) is 0 Å². The van der Waals surface area contributed by atoms with Crippen LogP contribution in [0, 0.1) is 0 Å². The van der Waals surface area contributed by atoms with Crippen LogP contribution in [-0.4, -0.2) is 29.5 Å². The molecule has 6 rings (SSSR count). The third kappa shape index (κ3) is 2.59. The summed E-state index contributed by atoms with van der Waals surface area (Å²) >= 11 is 1.77. The fourth-order valence-corrected chi connectivity index (χ4v) is 6.06. The lowest BCUT2D eigenvalue weighted by Gasteiger charge is -2.34. The van der Waals surface area contributed by atoms with Gasteiger partial charge in [-0.05, 0) is 62.2 Å². The van der Waals surface area contributed by atoms with Crippen LogP contribution in [0.25, 0.3) is 11.3 Å². The summed E-state index contributed by atoms with van der Waals surface area (Å²) in [7, 11) is 0. The number of ether oxygens (including phenoxy) is 1. The Morgan fingerprint density at radius 1 is 0.929 bits per heavy atom. The molecule has 4 heterocycles. The zero-order valence-corrected chi connectivity index (χ0v) is 16.5. The molecule has 0 N–H and O–H groups in total. The molecule has 3 nitrogen and oxygen atoms in total. The molecule has 1 aromatic heterocycles. The molecule has 0 spiro atoms. The van der Waals surface area contributed by atoms with Crippen LogP contribution in [0.1, 0.15) is 24.8 Å². The predicted molar refractivity (Wildman–Crippen MR) is 112 cm³/mol. The van der Waals surface area contributed by atoms with Gasteiger partial charge in [0.1, 0.15) is 11.5 Å². The van der Waals surface area contributed by atoms with Crippen LogP contribution in [0.2, 0.25) is 0 Å². The van der Waals surface area contributed by atoms with Gasteiger partial charge in [0.25, 0.3) is 0 Å². The van der Waals surface area contributed by atoms with Gasteiger partial charge in [-0.3, -0.25) is 4.98 Å². The monoisotopic (exact) mass is 386 g/mol. The van der Waals surface area contributed by atoms with E-state index in [1.807, 2.05) is 18.2 Å². The molecule has 2 bridgehead atoms. The Morgan fingerprint density at radius 3 is 2.79 bits per heavy atom. The number of benzene rings is 2. The van der Waals surface area contributed by atoms with Gasteiger partial charge in [0.05, 0.1) is 15.5 Å². The Bertz CT molecular complexity index is 1040. The van der Waals surface area contributed by atoms with Crippen molar-refractivity contribution in [1.29, 1.82) is 0 Å². The van der Waals surface area contributed by atoms with E-state index >= 15 is 0 Å². The molecule has 2 fully saturated rings. The van der Waals surface area contributed by atoms with Gasteiger partial charge < -0.3 is 9.64 Å². The van der Waals surface area contributed by atoms with Crippen LogP contribution in [0.5, 0.6) is 11.5 Å². The number of hydrogen-bond acceptors (Lipinski definition) is 4. The number of fused-ring (bicyclic) bond motifs is 4. The van der Waals surface area contributed by atoms with Crippen molar-refractivity contribution in [2.75, 3.05) is 19.6 Å². The van der Waals surface area contributed by atoms with Crippen molar-refractivity contribution < 1.29 is 4.74 Å². The standard InChI is InChI=1S/C24H22N2OS/c1-2-8-22-20(6-1)27-21-7-3-5-18(23(21)28-22)19-10-9-17(15-25-19)24-11-4-13-26(16-24)14-12-24/h1-3,5-10,15H,4,11-14,16H2. The average Bonchev–Trinajstić information content (AvgIpc) is 3.06. The summed E-state index contributed by atoms with van der Waals surface area (Å²) in [5.41, 5.74) is 3.92. The van der Waals surface area contributed by atoms with E-state index in [4.69, 9.17) is 9.72 Å². The van der Waals surface area contributed by atoms with Crippen LogP contribution >= 0.6 is 11.8 Å². The number of pyridine rings is 1. The molecule has 0 radical (unpaired) electrons. The molecule has 2 atom stereocenters. The van der Waals surface area contributed by atoms with E-state index in [1.54, 1.807) is 11.8 Å². The summed E-state index contributed by atoms with van der Waals surface area (Å²) in [4.78, 5) is 9.84. The van der Waals surface area contributed by atoms with Gasteiger partial charge in [-0.1, -0.05) is 42.1 Å². The first-order chi connectivity index (χ1) is 13.8. The fraction of sp³-hybridized carbons (Fsp3) is 0.292. The highest BCUT2D eigenvalue weighted by Crippen LogP contribution is 2.50. The molecular formula is C24H22N2OS. The first kappa shape index (κ1) is 16.6. The summed E-state index contributed by atoms with van der Waals surface area (Å²) in [6, 6.07) is 19.0. The zero-order valence-electron chi connectivity index (χ0n) is 15.7. The topological polar surface area (TPSA) is 25.4 Å². The fourth-order valence-electron chi connectivity index (χ4n) is 4.99. The van der Waals surface area contributed by atoms with Crippen LogP contribution in [-0.2, 0) is 5.41 Å². The minimum Gasteiger partial charge on any atom is -0.455 e. The summed E-state index contributed by atoms with van der Waals surface area (Å²) in [6.45, 7) is 3.71. The lowest BCUT2D eigenvalue weighted by atomic mass is 9.75. The zero-order chi connectivity index (χ0) is 18.6. The Hall–Kier alpha value is -2.30. The lowest BCUT2D eigenvalue weighted by Crippen LogP contribution is -2.36. The van der Waals surface area contributed by atoms with Crippen molar-refractivity contribution in [1.82, 2.24) is 9.88 Å². The van der Waals surface area contributed by atoms with Crippen molar-refractivity contribution in [3.63, 3.8) is 0 Å². The lowest BCUT2D eigenvalue weighted by molar-refractivity contribution is 0.243. The Labute approximate surface area is 169 Å². The molecule has 2 saturated heterocycles. The molecule has 2 unspecified atom stereocenters. The van der Waals surface area contributed by atoms with Crippen molar-refractivity contribution in [3.05, 3.63) is 66.4 Å². The molecule has 3 aliphatic heterocycles. The van der Waals surface area contributed by atoms with E-state index in [1.165, 1.54) is 44.5 Å². The van der Waals surface area contributed by atoms with Gasteiger partial charge in [-0.25, -0.2) is 0 Å². The predicted octanol–water partition coefficient (Wildman–Crippen LogP) is 5.74. The summed E-state index contributed by atoms with van der Waals surface area (Å²) in [6.07, 6.45) is 6.01. The average molecular weight is 387 g/mol. The number of nitrogens with zero attached hydrogens (tertiary/aromatic N) is 2. The Kier molecular flexibility index (Phi) is 3.78. The van der Waals surface area contributed by atoms with Gasteiger partial charge in [0.2, 0.25) is 0 Å². The van der Waals surface area contributed by atoms with Crippen LogP contribution < -0.4 is 4.74 Å². The molecule has 4 heteroatoms. The first-order valence-corrected chi connectivity index (χ1v) is 10.9. The molecule has 28 heavy (non-hydrogen) atoms. The van der Waals surface area contributed by atoms with Gasteiger partial charge in [0.15, 0.2) is 0 Å². The number of rotatable bonds is 2. The first-order valence-electron chi connectivity index (χ1n) is 10.1. The maximum absolute atomic E-state index is 6.14. The molecule has 3 aromatic rings. The Balaban J connectivity index is 1.36. The van der Waals surface area contributed by atoms with Crippen molar-refractivity contribution in [2.24, 2.45) is 0 Å². The van der Waals surface area contributed by atoms with E-state index in [0.29, 0.717) is 5.41 Å². The van der Waals surface area contributed by atoms with Crippen LogP contribution in [0.3, 0.4) is 0 Å². The van der Waals surface area contributed by atoms with Gasteiger partial charge in [-0.2, -0.15) is 0 Å². The highest BCUT2D eigenvalue weighted by atomic mass is 32.2. The van der Waals surface area contributed by atoms with Crippen molar-refractivity contribution in [3.8, 4) is 22.8 Å². The van der Waals surface area contributed by atoms with Crippen LogP contribution in [0.15, 0.2) is 70.6 Å². The van der Waals surface area contributed by atoms with Crippen molar-refractivity contribution in [2.45, 2.75) is 34.5 Å². The molecule has 0 amide bonds. The smallest absolute Gasteiger partial charge is 0.142 e. The molecule has 0 aliphatic carbocycles. The van der Waals surface area contributed by atoms with Gasteiger partial charge >= 0.3 is 0 Å². The largest absolute Gasteiger partial charge is 0.455 e. The van der Waals surface area contributed by atoms with E-state index in [-0.39, 0.29) is 0 Å². The minimum absolute atomic E-state index is 0.330. The second-order valence-corrected chi connectivity index (χ2v) is 9.18. The molecular weight excluding hydrogens is 364 g/mol. The summed E-state index contributed by atoms with van der Waals surface area (Å²) in [5, 5.41) is 0. The van der Waals surface area contributed by atoms with E-state index in [2.05, 4.69) is 47.5 Å². The second-order valence-electron chi connectivity index (χ2n) is 8.13. The second kappa shape index (κ2) is 6.36. The molecule has 2 aromatic carbocycles. The number of hydrogen-bond donors (Lipinski definition) is 0. The number of aromatic nitrogens is 1. The number of piperidine rings is 1. The quantitative estimate of drug-likeness (QED) is 0.438. The molecule has 140 valence electrons. The Morgan fingerprint density at radius 2 is 1.86 bits per heavy atom. The maximum Gasteiger partial charge on any atom is 0.142 e. The maximum atomic E-state index is 6.14. The third-order valence-corrected chi connectivity index (χ3v) is 7.66. The summed E-state index contributed by atoms with van der Waals surface area (Å²) < 4.78 is 6.14. The summed E-state index contributed by atoms with van der Waals surface area (Å²) in [5.74, 6) is 1.85. The van der Waals surface area contributed by atoms with Gasteiger partial charge in [0, 0.05) is 23.7 Å². The van der Waals surface area contributed by atoms with Crippen LogP contribution in [0.4, 0.5) is 0 Å². The van der Waals surface area contributed by atoms with Crippen molar-refractivity contribution >= 4 is 11.8 Å². The number of para-hydroxylation sites is 1. The minimum atomic E-state index is 0.330. The molecule has 3 aliphatic rings. The van der Waals surface area contributed by atoms with E-state index in [9.17, 15) is 0 Å². The normalized spacial score (nSPS) is 24.9.